The number of likely N-dealkylation sites (N-methyl/N-ethyl adjacent to an activating group) is 1. The van der Waals surface area contributed by atoms with Crippen molar-refractivity contribution in [2.24, 2.45) is 5.16 Å². The van der Waals surface area contributed by atoms with E-state index >= 15 is 0 Å². The largest absolute Gasteiger partial charge is 0.481 e. The second kappa shape index (κ2) is 6.84. The van der Waals surface area contributed by atoms with Crippen LogP contribution < -0.4 is 0 Å². The second-order valence-corrected chi connectivity index (χ2v) is 6.82. The first kappa shape index (κ1) is 17.7. The first-order valence-corrected chi connectivity index (χ1v) is 8.16. The molecule has 0 saturated heterocycles. The third-order valence-corrected chi connectivity index (χ3v) is 5.08. The molecule has 0 aliphatic carbocycles. The molecule has 0 amide bonds. The lowest BCUT2D eigenvalue weighted by molar-refractivity contribution is -0.152. The number of ether oxygens (including phenoxy) is 1. The summed E-state index contributed by atoms with van der Waals surface area (Å²) in [5.41, 5.74) is 0. The summed E-state index contributed by atoms with van der Waals surface area (Å²) in [6, 6.07) is 7.37. The summed E-state index contributed by atoms with van der Waals surface area (Å²) in [6.07, 6.45) is -2.67. The topological polar surface area (TPSA) is 143 Å². The molecule has 0 radical (unpaired) electrons. The highest BCUT2D eigenvalue weighted by atomic mass is 32.2. The highest BCUT2D eigenvalue weighted by Crippen LogP contribution is 2.24. The number of carbonyl (C=O) groups is 2. The maximum atomic E-state index is 12.7. The lowest BCUT2D eigenvalue weighted by atomic mass is 10.2. The van der Waals surface area contributed by atoms with Crippen molar-refractivity contribution in [2.75, 3.05) is 7.05 Å². The summed E-state index contributed by atoms with van der Waals surface area (Å²) in [4.78, 5) is 26.5. The Balaban J connectivity index is 2.30. The van der Waals surface area contributed by atoms with E-state index in [1.165, 1.54) is 31.3 Å². The van der Waals surface area contributed by atoms with Crippen molar-refractivity contribution in [3.63, 3.8) is 0 Å². The first-order valence-electron chi connectivity index (χ1n) is 6.61. The standard InChI is InChI=1S/C13H14N2O8S/c1-15-12(24(20,21)8-5-3-2-4-6-8)11(14-23-15)22-9(13(18)19)7-10(16)17/h2-6,9,12H,7H2,1H3,(H,16,17)(H,18,19). The Bertz CT molecular complexity index is 761. The van der Waals surface area contributed by atoms with E-state index < -0.39 is 45.6 Å². The molecule has 0 saturated carbocycles. The van der Waals surface area contributed by atoms with Crippen LogP contribution in [0.15, 0.2) is 40.4 Å². The van der Waals surface area contributed by atoms with Gasteiger partial charge in [-0.2, -0.15) is 0 Å². The first-order chi connectivity index (χ1) is 11.2. The number of benzene rings is 1. The molecule has 11 heteroatoms. The zero-order valence-electron chi connectivity index (χ0n) is 12.4. The van der Waals surface area contributed by atoms with Crippen LogP contribution in [-0.2, 0) is 29.1 Å². The molecule has 10 nitrogen and oxygen atoms in total. The van der Waals surface area contributed by atoms with Gasteiger partial charge in [0.1, 0.15) is 0 Å². The van der Waals surface area contributed by atoms with E-state index in [-0.39, 0.29) is 4.90 Å². The Labute approximate surface area is 136 Å². The number of nitrogens with zero attached hydrogens (tertiary/aromatic N) is 2. The zero-order valence-corrected chi connectivity index (χ0v) is 13.2. The van der Waals surface area contributed by atoms with E-state index in [0.717, 1.165) is 5.06 Å². The van der Waals surface area contributed by atoms with E-state index in [1.807, 2.05) is 0 Å². The molecule has 1 heterocycles. The summed E-state index contributed by atoms with van der Waals surface area (Å²) in [6.45, 7) is 0. The molecule has 0 aromatic heterocycles. The van der Waals surface area contributed by atoms with Gasteiger partial charge in [-0.3, -0.25) is 9.73 Å². The van der Waals surface area contributed by atoms with Crippen LogP contribution >= 0.6 is 0 Å². The van der Waals surface area contributed by atoms with Crippen molar-refractivity contribution in [1.82, 2.24) is 5.06 Å². The summed E-state index contributed by atoms with van der Waals surface area (Å²) in [7, 11) is -2.76. The lowest BCUT2D eigenvalue weighted by Gasteiger charge is -2.20. The molecular weight excluding hydrogens is 344 g/mol. The molecule has 2 atom stereocenters. The predicted molar refractivity (Wildman–Crippen MR) is 78.5 cm³/mol. The van der Waals surface area contributed by atoms with E-state index in [1.54, 1.807) is 6.07 Å². The predicted octanol–water partition coefficient (Wildman–Crippen LogP) is -0.0786. The molecule has 1 aromatic carbocycles. The molecule has 1 aromatic rings. The smallest absolute Gasteiger partial charge is 0.345 e. The van der Waals surface area contributed by atoms with Gasteiger partial charge in [0.25, 0.3) is 5.90 Å². The number of hydroxylamine groups is 2. The quantitative estimate of drug-likeness (QED) is 0.713. The van der Waals surface area contributed by atoms with Crippen molar-refractivity contribution in [3.05, 3.63) is 30.3 Å². The van der Waals surface area contributed by atoms with Gasteiger partial charge in [0.05, 0.1) is 11.3 Å². The van der Waals surface area contributed by atoms with Gasteiger partial charge in [0.2, 0.25) is 21.3 Å². The van der Waals surface area contributed by atoms with Gasteiger partial charge in [-0.05, 0) is 17.3 Å². The van der Waals surface area contributed by atoms with Crippen molar-refractivity contribution in [1.29, 1.82) is 0 Å². The molecule has 0 bridgehead atoms. The van der Waals surface area contributed by atoms with Gasteiger partial charge in [0.15, 0.2) is 0 Å². The fourth-order valence-corrected chi connectivity index (χ4v) is 3.57. The molecular formula is C13H14N2O8S. The van der Waals surface area contributed by atoms with Crippen LogP contribution in [0.25, 0.3) is 0 Å². The number of rotatable bonds is 6. The van der Waals surface area contributed by atoms with E-state index in [0.29, 0.717) is 0 Å². The van der Waals surface area contributed by atoms with Crippen LogP contribution in [-0.4, -0.2) is 60.1 Å². The number of hydrogen-bond acceptors (Lipinski definition) is 8. The number of hydrogen-bond donors (Lipinski definition) is 2. The van der Waals surface area contributed by atoms with E-state index in [4.69, 9.17) is 19.9 Å². The Morgan fingerprint density at radius 3 is 2.50 bits per heavy atom. The van der Waals surface area contributed by atoms with Crippen molar-refractivity contribution in [3.8, 4) is 0 Å². The summed E-state index contributed by atoms with van der Waals surface area (Å²) < 4.78 is 30.4. The van der Waals surface area contributed by atoms with E-state index in [9.17, 15) is 18.0 Å². The van der Waals surface area contributed by atoms with Crippen molar-refractivity contribution in [2.45, 2.75) is 22.8 Å². The molecule has 2 unspecified atom stereocenters. The third kappa shape index (κ3) is 3.63. The average Bonchev–Trinajstić information content (AvgIpc) is 2.88. The highest BCUT2D eigenvalue weighted by Gasteiger charge is 2.45. The Morgan fingerprint density at radius 1 is 1.33 bits per heavy atom. The minimum atomic E-state index is -4.03. The molecule has 130 valence electrons. The van der Waals surface area contributed by atoms with Crippen LogP contribution in [0.5, 0.6) is 0 Å². The fraction of sp³-hybridized carbons (Fsp3) is 0.308. The monoisotopic (exact) mass is 358 g/mol. The van der Waals surface area contributed by atoms with Gasteiger partial charge in [0, 0.05) is 7.05 Å². The number of carboxylic acids is 2. The highest BCUT2D eigenvalue weighted by molar-refractivity contribution is 7.92. The molecule has 0 spiro atoms. The summed E-state index contributed by atoms with van der Waals surface area (Å²) >= 11 is 0. The average molecular weight is 358 g/mol. The normalized spacial score (nSPS) is 19.2. The molecule has 24 heavy (non-hydrogen) atoms. The number of oxime groups is 1. The van der Waals surface area contributed by atoms with Crippen LogP contribution in [0, 0.1) is 0 Å². The van der Waals surface area contributed by atoms with Gasteiger partial charge >= 0.3 is 11.9 Å². The number of sulfone groups is 1. The lowest BCUT2D eigenvalue weighted by Crippen LogP contribution is -2.42. The molecule has 2 N–H and O–H groups in total. The van der Waals surface area contributed by atoms with E-state index in [2.05, 4.69) is 5.16 Å². The third-order valence-electron chi connectivity index (χ3n) is 3.07. The fourth-order valence-electron chi connectivity index (χ4n) is 1.98. The second-order valence-electron chi connectivity index (χ2n) is 4.81. The minimum Gasteiger partial charge on any atom is -0.481 e. The molecule has 1 aliphatic rings. The maximum absolute atomic E-state index is 12.7. The minimum absolute atomic E-state index is 0.0474. The number of carboxylic acid groups (broad SMARTS) is 2. The Morgan fingerprint density at radius 2 is 1.96 bits per heavy atom. The van der Waals surface area contributed by atoms with Gasteiger partial charge < -0.3 is 14.9 Å². The van der Waals surface area contributed by atoms with Crippen LogP contribution in [0.4, 0.5) is 0 Å². The molecule has 1 aliphatic heterocycles. The Kier molecular flexibility index (Phi) is 5.04. The van der Waals surface area contributed by atoms with Crippen molar-refractivity contribution < 1.29 is 37.9 Å². The van der Waals surface area contributed by atoms with Crippen LogP contribution in [0.1, 0.15) is 6.42 Å². The number of aliphatic carboxylic acids is 2. The maximum Gasteiger partial charge on any atom is 0.345 e. The van der Waals surface area contributed by atoms with Gasteiger partial charge in [-0.25, -0.2) is 13.2 Å². The van der Waals surface area contributed by atoms with Crippen molar-refractivity contribution >= 4 is 27.7 Å². The zero-order chi connectivity index (χ0) is 17.9. The SMILES string of the molecule is CN1ON=C(OC(CC(=O)O)C(=O)O)C1S(=O)(=O)c1ccccc1. The van der Waals surface area contributed by atoms with Gasteiger partial charge in [-0.1, -0.05) is 23.3 Å². The molecule has 0 fully saturated rings. The Hall–Kier alpha value is -2.66. The summed E-state index contributed by atoms with van der Waals surface area (Å²) in [5.74, 6) is -3.53. The van der Waals surface area contributed by atoms with Crippen LogP contribution in [0.2, 0.25) is 0 Å². The molecule has 2 rings (SSSR count). The van der Waals surface area contributed by atoms with Crippen LogP contribution in [0.3, 0.4) is 0 Å². The van der Waals surface area contributed by atoms with Gasteiger partial charge in [-0.15, -0.1) is 0 Å². The summed E-state index contributed by atoms with van der Waals surface area (Å²) in [5, 5.41) is 20.5.